The first kappa shape index (κ1) is 95.7. The predicted octanol–water partition coefficient (Wildman–Crippen LogP) is 9.48. The van der Waals surface area contributed by atoms with Gasteiger partial charge in [0.25, 0.3) is 17.7 Å². The molecule has 8 N–H and O–H groups in total. The van der Waals surface area contributed by atoms with Gasteiger partial charge in [0.2, 0.25) is 11.7 Å². The molecule has 7 heterocycles. The zero-order valence-electron chi connectivity index (χ0n) is 72.2. The molecule has 3 amide bonds. The second-order valence-corrected chi connectivity index (χ2v) is 32.9. The fraction of sp³-hybridized carbons (Fsp3) is 0.644. The molecular formula is C90H130N10O22. The lowest BCUT2D eigenvalue weighted by Gasteiger charge is -2.42. The smallest absolute Gasteiger partial charge is 0.407 e. The number of anilines is 2. The van der Waals surface area contributed by atoms with E-state index in [-0.39, 0.29) is 86.9 Å². The van der Waals surface area contributed by atoms with Crippen LogP contribution in [0.1, 0.15) is 161 Å². The van der Waals surface area contributed by atoms with Crippen molar-refractivity contribution in [1.29, 1.82) is 0 Å². The van der Waals surface area contributed by atoms with Crippen molar-refractivity contribution in [2.45, 2.75) is 212 Å². The molecule has 2 saturated heterocycles. The number of aliphatic hydroxyl groups excluding tert-OH is 2. The van der Waals surface area contributed by atoms with Crippen LogP contribution in [0.25, 0.3) is 33.4 Å². The van der Waals surface area contributed by atoms with Crippen LogP contribution in [0.2, 0.25) is 0 Å². The second-order valence-electron chi connectivity index (χ2n) is 32.9. The Morgan fingerprint density at radius 3 is 2.09 bits per heavy atom. The third-order valence-corrected chi connectivity index (χ3v) is 23.6. The summed E-state index contributed by atoms with van der Waals surface area (Å²) in [5.74, 6) is -6.40. The highest BCUT2D eigenvalue weighted by Gasteiger charge is 2.53. The standard InChI is InChI=1S/C90H130N10O22/c1-59-13-9-8-10-14-60(2)78(110-7)54-72-24-16-64(6)90(109,122-72)83(105)86(106)99-31-12-11-15-74(99)87(107)120-79(63(5)50-62(4)76(103)55-75(102)61(3)49-59)53-70(101)23-18-65-19-25-71(26-20-65)119-89(108)93-30-34-112-36-38-114-40-42-116-44-46-118-48-47-117-45-43-115-41-39-113-37-35-111-33-29-80(104)98-32-28-67-51-66(17-21-69(67)57-98)56-100-85-81(84(91)94-58-95-85)82(97-100)68-22-27-77-73(52-68)96-88(92)121-77/h8-10,13-14,17,21-22,27,50-52,58-59,61,63-65,70-72,74,76,78-79,101,103,109H,11-12,15-16,18-20,23-26,28-49,53-57H2,1-7H3,(H2,92,96)(H,93,108)(H2,91,94,95)/b10-8+,13-9+,60-14+,62-50+/t59?,61?,63?,64-,65?,70?,71?,72?,74+,76?,78?,79?,90-/m1/s1. The van der Waals surface area contributed by atoms with Crippen LogP contribution in [0.4, 0.5) is 16.6 Å². The Morgan fingerprint density at radius 2 is 1.41 bits per heavy atom. The van der Waals surface area contributed by atoms with E-state index in [4.69, 9.17) is 77.8 Å². The predicted molar refractivity (Wildman–Crippen MR) is 454 cm³/mol. The number of alkyl carbamates (subject to hydrolysis) is 1. The number of aromatic nitrogens is 5. The van der Waals surface area contributed by atoms with Crippen LogP contribution >= 0.6 is 0 Å². The highest BCUT2D eigenvalue weighted by Crippen LogP contribution is 2.39. The number of piperidine rings is 1. The number of methoxy groups -OCH3 is 1. The van der Waals surface area contributed by atoms with Crippen molar-refractivity contribution >= 4 is 69.4 Å². The molecule has 3 fully saturated rings. The average molecular weight is 1700 g/mol. The third kappa shape index (κ3) is 29.1. The van der Waals surface area contributed by atoms with Gasteiger partial charge in [0.05, 0.1) is 148 Å². The molecule has 122 heavy (non-hydrogen) atoms. The SMILES string of the molecule is COC1CC2CC[C@@H](C)[C@@](O)(O2)C(=O)C(=O)N2CCCC[C@H]2C(=O)OC(CC(O)CCC2CCC(OC(=O)NCCOCCOCCOCCOCCOCCOCCOCCOCCC(=O)N3CCc4cc(Cn5nc(-c6ccc7oc(N)nc7c6)c6c(N)ncnc65)ccc4C3)CC2)C(C)/C=C(\C)C(O)CC(=O)C(C)CC(C)/C=C/C=C/C=C/1C. The van der Waals surface area contributed by atoms with Crippen molar-refractivity contribution < 1.29 is 105 Å². The molecule has 8 unspecified atom stereocenters. The topological polar surface area (TPSA) is 414 Å². The van der Waals surface area contributed by atoms with Gasteiger partial charge in [0.15, 0.2) is 11.2 Å². The van der Waals surface area contributed by atoms with E-state index in [2.05, 4.69) is 38.5 Å². The van der Waals surface area contributed by atoms with Crippen molar-refractivity contribution in [2.24, 2.45) is 29.6 Å². The van der Waals surface area contributed by atoms with Gasteiger partial charge in [0, 0.05) is 75.9 Å². The Balaban J connectivity index is 0.517. The van der Waals surface area contributed by atoms with Gasteiger partial charge in [-0.3, -0.25) is 19.2 Å². The number of nitrogens with two attached hydrogens (primary N) is 2. The highest BCUT2D eigenvalue weighted by atomic mass is 16.6. The molecule has 1 aliphatic carbocycles. The van der Waals surface area contributed by atoms with Gasteiger partial charge in [-0.15, -0.1) is 0 Å². The number of carbonyl (C=O) groups excluding carboxylic acids is 6. The van der Waals surface area contributed by atoms with Crippen LogP contribution in [0, 0.1) is 29.6 Å². The summed E-state index contributed by atoms with van der Waals surface area (Å²) in [5.41, 5.74) is 20.1. The number of nitrogen functional groups attached to an aromatic ring is 2. The van der Waals surface area contributed by atoms with E-state index >= 15 is 0 Å². The summed E-state index contributed by atoms with van der Waals surface area (Å²) >= 11 is 0. The minimum Gasteiger partial charge on any atom is -0.460 e. The molecular weight excluding hydrogens is 1570 g/mol. The number of ketones is 2. The number of ether oxygens (including phenoxy) is 12. The van der Waals surface area contributed by atoms with Gasteiger partial charge < -0.3 is 103 Å². The number of nitrogens with zero attached hydrogens (tertiary/aromatic N) is 7. The lowest BCUT2D eigenvalue weighted by atomic mass is 9.83. The van der Waals surface area contributed by atoms with E-state index in [1.54, 1.807) is 33.1 Å². The number of fused-ring (bicyclic) bond motifs is 6. The van der Waals surface area contributed by atoms with E-state index in [1.807, 2.05) is 79.8 Å². The summed E-state index contributed by atoms with van der Waals surface area (Å²) in [6.07, 6.45) is 16.1. The number of benzene rings is 2. The molecule has 2 bridgehead atoms. The second kappa shape index (κ2) is 49.3. The van der Waals surface area contributed by atoms with Crippen molar-refractivity contribution in [1.82, 2.24) is 39.8 Å². The maximum Gasteiger partial charge on any atom is 0.407 e. The molecule has 10 rings (SSSR count). The molecule has 32 nitrogen and oxygen atoms in total. The summed E-state index contributed by atoms with van der Waals surface area (Å²) < 4.78 is 76.4. The fourth-order valence-corrected chi connectivity index (χ4v) is 16.4. The van der Waals surface area contributed by atoms with Gasteiger partial charge >= 0.3 is 12.1 Å². The molecule has 4 aliphatic heterocycles. The number of esters is 1. The Kier molecular flexibility index (Phi) is 38.7. The first-order valence-corrected chi connectivity index (χ1v) is 43.6. The van der Waals surface area contributed by atoms with Gasteiger partial charge in [-0.1, -0.05) is 82.4 Å². The van der Waals surface area contributed by atoms with Crippen molar-refractivity contribution in [3.05, 3.63) is 107 Å². The molecule has 672 valence electrons. The number of carbonyl (C=O) groups is 6. The lowest BCUT2D eigenvalue weighted by Crippen LogP contribution is -2.61. The summed E-state index contributed by atoms with van der Waals surface area (Å²) in [4.78, 5) is 98.8. The van der Waals surface area contributed by atoms with E-state index < -0.39 is 77.9 Å². The zero-order chi connectivity index (χ0) is 86.9. The van der Waals surface area contributed by atoms with Crippen LogP contribution < -0.4 is 16.8 Å². The van der Waals surface area contributed by atoms with Crippen LogP contribution in [-0.4, -0.2) is 266 Å². The number of rotatable bonds is 37. The van der Waals surface area contributed by atoms with Gasteiger partial charge in [0.1, 0.15) is 47.4 Å². The van der Waals surface area contributed by atoms with Crippen LogP contribution in [-0.2, 0) is 100 Å². The Hall–Kier alpha value is -8.48. The number of amides is 3. The first-order valence-electron chi connectivity index (χ1n) is 43.6. The number of nitrogens with one attached hydrogen (secondary N) is 1. The van der Waals surface area contributed by atoms with Crippen LogP contribution in [0.5, 0.6) is 0 Å². The van der Waals surface area contributed by atoms with Gasteiger partial charge in [-0.25, -0.2) is 24.2 Å². The van der Waals surface area contributed by atoms with E-state index in [9.17, 15) is 44.1 Å². The molecule has 1 saturated carbocycles. The molecule has 5 aliphatic rings. The molecule has 11 atom stereocenters. The van der Waals surface area contributed by atoms with Crippen molar-refractivity contribution in [3.63, 3.8) is 0 Å². The van der Waals surface area contributed by atoms with Crippen molar-refractivity contribution in [3.8, 4) is 11.3 Å². The molecule has 0 spiro atoms. The number of hydrogen-bond donors (Lipinski definition) is 6. The van der Waals surface area contributed by atoms with E-state index in [0.29, 0.717) is 222 Å². The van der Waals surface area contributed by atoms with Gasteiger partial charge in [-0.05, 0) is 155 Å². The Bertz CT molecular complexity index is 4290. The van der Waals surface area contributed by atoms with E-state index in [1.165, 1.54) is 16.8 Å². The van der Waals surface area contributed by atoms with Crippen LogP contribution in [0.15, 0.2) is 94.7 Å². The zero-order valence-corrected chi connectivity index (χ0v) is 72.2. The number of allylic oxidation sites excluding steroid dienone is 5. The molecule has 2 aromatic carbocycles. The largest absolute Gasteiger partial charge is 0.460 e. The quantitative estimate of drug-likeness (QED) is 0.00932. The lowest BCUT2D eigenvalue weighted by molar-refractivity contribution is -0.265. The Morgan fingerprint density at radius 1 is 0.738 bits per heavy atom. The third-order valence-electron chi connectivity index (χ3n) is 23.6. The fourth-order valence-electron chi connectivity index (χ4n) is 16.4. The number of hydrogen-bond acceptors (Lipinski definition) is 28. The molecule has 3 aromatic heterocycles. The summed E-state index contributed by atoms with van der Waals surface area (Å²) in [5, 5.41) is 43.5. The minimum absolute atomic E-state index is 0.0280. The van der Waals surface area contributed by atoms with Crippen LogP contribution in [0.3, 0.4) is 0 Å². The van der Waals surface area contributed by atoms with Crippen molar-refractivity contribution in [2.75, 3.05) is 144 Å². The number of oxazole rings is 1. The normalized spacial score (nSPS) is 26.2. The number of aliphatic hydroxyl groups is 3. The Labute approximate surface area is 715 Å². The van der Waals surface area contributed by atoms with Gasteiger partial charge in [-0.2, -0.15) is 10.1 Å². The molecule has 5 aromatic rings. The first-order chi connectivity index (χ1) is 58.9. The molecule has 32 heteroatoms. The minimum atomic E-state index is -2.44. The monoisotopic (exact) mass is 1700 g/mol. The maximum atomic E-state index is 14.5. The van der Waals surface area contributed by atoms with E-state index in [0.717, 1.165) is 41.5 Å². The highest BCUT2D eigenvalue weighted by molar-refractivity contribution is 6.39. The molecule has 0 radical (unpaired) electrons. The number of Topliss-reactive ketones (excluding diaryl/α,β-unsaturated/α-hetero) is 2. The summed E-state index contributed by atoms with van der Waals surface area (Å²) in [6.45, 7) is 19.1. The number of cyclic esters (lactones) is 1. The maximum absolute atomic E-state index is 14.5. The summed E-state index contributed by atoms with van der Waals surface area (Å²) in [6, 6.07) is 10.8. The summed E-state index contributed by atoms with van der Waals surface area (Å²) in [7, 11) is 1.58. The average Bonchev–Trinajstić information content (AvgIpc) is 1.50.